The molecule has 3 aromatic rings. The fourth-order valence-electron chi connectivity index (χ4n) is 3.83. The predicted molar refractivity (Wildman–Crippen MR) is 91.1 cm³/mol. The van der Waals surface area contributed by atoms with Crippen LogP contribution in [0.4, 0.5) is 0 Å². The van der Waals surface area contributed by atoms with Crippen LogP contribution in [0.2, 0.25) is 0 Å². The molecule has 114 valence electrons. The van der Waals surface area contributed by atoms with E-state index in [1.165, 1.54) is 60.0 Å². The minimum Gasteiger partial charge on any atom is -0.358 e. The molecule has 1 N–H and O–H groups in total. The molecule has 0 unspecified atom stereocenters. The molecule has 1 aromatic carbocycles. The summed E-state index contributed by atoms with van der Waals surface area (Å²) in [6.07, 6.45) is 6.82. The summed E-state index contributed by atoms with van der Waals surface area (Å²) >= 11 is 0. The lowest BCUT2D eigenvalue weighted by molar-refractivity contribution is 0.438. The quantitative estimate of drug-likeness (QED) is 0.714. The van der Waals surface area contributed by atoms with E-state index < -0.39 is 0 Å². The zero-order valence-corrected chi connectivity index (χ0v) is 13.4. The number of aryl methyl sites for hydroxylation is 2. The molecule has 1 aliphatic carbocycles. The number of benzene rings is 1. The van der Waals surface area contributed by atoms with Crippen LogP contribution in [0.25, 0.3) is 22.2 Å². The van der Waals surface area contributed by atoms with Crippen LogP contribution in [0.15, 0.2) is 30.3 Å². The number of hydrogen-bond acceptors (Lipinski definition) is 1. The summed E-state index contributed by atoms with van der Waals surface area (Å²) in [5, 5.41) is 5.77. The van der Waals surface area contributed by atoms with Crippen molar-refractivity contribution in [2.75, 3.05) is 0 Å². The van der Waals surface area contributed by atoms with Gasteiger partial charge in [0.1, 0.15) is 0 Å². The first-order valence-corrected chi connectivity index (χ1v) is 8.34. The average Bonchev–Trinajstić information content (AvgIpc) is 3.10. The second-order valence-electron chi connectivity index (χ2n) is 6.66. The Kier molecular flexibility index (Phi) is 3.29. The van der Waals surface area contributed by atoms with E-state index in [9.17, 15) is 0 Å². The van der Waals surface area contributed by atoms with Gasteiger partial charge in [0.05, 0.1) is 11.4 Å². The van der Waals surface area contributed by atoms with Crippen LogP contribution < -0.4 is 0 Å². The molecule has 0 aliphatic heterocycles. The molecular formula is C19H23N3. The molecule has 22 heavy (non-hydrogen) atoms. The smallest absolute Gasteiger partial charge is 0.0681 e. The summed E-state index contributed by atoms with van der Waals surface area (Å²) in [7, 11) is 2.01. The highest BCUT2D eigenvalue weighted by Crippen LogP contribution is 2.34. The van der Waals surface area contributed by atoms with Gasteiger partial charge in [0.15, 0.2) is 0 Å². The van der Waals surface area contributed by atoms with Crippen LogP contribution in [0, 0.1) is 6.92 Å². The Hall–Kier alpha value is -2.03. The first kappa shape index (κ1) is 13.6. The Morgan fingerprint density at radius 2 is 1.91 bits per heavy atom. The third kappa shape index (κ3) is 2.35. The lowest BCUT2D eigenvalue weighted by Crippen LogP contribution is -2.04. The van der Waals surface area contributed by atoms with Gasteiger partial charge in [-0.1, -0.05) is 25.3 Å². The molecule has 2 heterocycles. The van der Waals surface area contributed by atoms with Crippen molar-refractivity contribution in [1.82, 2.24) is 14.8 Å². The van der Waals surface area contributed by atoms with E-state index in [4.69, 9.17) is 0 Å². The molecule has 0 radical (unpaired) electrons. The summed E-state index contributed by atoms with van der Waals surface area (Å²) in [5.41, 5.74) is 6.16. The Morgan fingerprint density at radius 3 is 2.64 bits per heavy atom. The van der Waals surface area contributed by atoms with Crippen LogP contribution in [0.5, 0.6) is 0 Å². The molecule has 4 rings (SSSR count). The molecule has 1 fully saturated rings. The largest absolute Gasteiger partial charge is 0.358 e. The van der Waals surface area contributed by atoms with Crippen molar-refractivity contribution < 1.29 is 0 Å². The number of H-pyrrole nitrogens is 1. The third-order valence-corrected chi connectivity index (χ3v) is 4.98. The SMILES string of the molecule is Cc1cc(-c2ccc3[nH]c(C4CCCCC4)cc3c2)n(C)n1. The average molecular weight is 293 g/mol. The van der Waals surface area contributed by atoms with E-state index in [2.05, 4.69) is 40.4 Å². The maximum atomic E-state index is 4.46. The van der Waals surface area contributed by atoms with Crippen LogP contribution in [-0.4, -0.2) is 14.8 Å². The summed E-state index contributed by atoms with van der Waals surface area (Å²) < 4.78 is 1.96. The first-order valence-electron chi connectivity index (χ1n) is 8.34. The van der Waals surface area contributed by atoms with Crippen molar-refractivity contribution in [3.8, 4) is 11.3 Å². The summed E-state index contributed by atoms with van der Waals surface area (Å²) in [6.45, 7) is 2.04. The fraction of sp³-hybridized carbons (Fsp3) is 0.421. The molecule has 1 aliphatic rings. The lowest BCUT2D eigenvalue weighted by Gasteiger charge is -2.20. The molecule has 0 spiro atoms. The van der Waals surface area contributed by atoms with E-state index in [1.807, 2.05) is 18.7 Å². The molecule has 2 aromatic heterocycles. The fourth-order valence-corrected chi connectivity index (χ4v) is 3.83. The number of nitrogens with zero attached hydrogens (tertiary/aromatic N) is 2. The van der Waals surface area contributed by atoms with Crippen molar-refractivity contribution in [1.29, 1.82) is 0 Å². The van der Waals surface area contributed by atoms with Gasteiger partial charge in [0, 0.05) is 29.2 Å². The van der Waals surface area contributed by atoms with Gasteiger partial charge in [-0.05, 0) is 49.9 Å². The Labute approximate surface area is 131 Å². The highest BCUT2D eigenvalue weighted by Gasteiger charge is 2.17. The van der Waals surface area contributed by atoms with E-state index in [1.54, 1.807) is 0 Å². The molecule has 0 amide bonds. The standard InChI is InChI=1S/C19H23N3/c1-13-10-19(22(2)21-13)15-8-9-17-16(11-15)12-18(20-17)14-6-4-3-5-7-14/h8-12,14,20H,3-7H2,1-2H3. The van der Waals surface area contributed by atoms with Gasteiger partial charge < -0.3 is 4.98 Å². The summed E-state index contributed by atoms with van der Waals surface area (Å²) in [4.78, 5) is 3.64. The van der Waals surface area contributed by atoms with Crippen molar-refractivity contribution in [2.24, 2.45) is 7.05 Å². The maximum absolute atomic E-state index is 4.46. The molecular weight excluding hydrogens is 270 g/mol. The Balaban J connectivity index is 1.73. The van der Waals surface area contributed by atoms with Crippen molar-refractivity contribution >= 4 is 10.9 Å². The topological polar surface area (TPSA) is 33.6 Å². The molecule has 3 nitrogen and oxygen atoms in total. The van der Waals surface area contributed by atoms with Gasteiger partial charge in [0.25, 0.3) is 0 Å². The Bertz CT molecular complexity index is 803. The summed E-state index contributed by atoms with van der Waals surface area (Å²) in [6, 6.07) is 11.2. The normalized spacial score (nSPS) is 16.5. The van der Waals surface area contributed by atoms with Gasteiger partial charge >= 0.3 is 0 Å². The van der Waals surface area contributed by atoms with Crippen LogP contribution in [0.3, 0.4) is 0 Å². The van der Waals surface area contributed by atoms with Gasteiger partial charge in [-0.15, -0.1) is 0 Å². The van der Waals surface area contributed by atoms with Crippen LogP contribution >= 0.6 is 0 Å². The van der Waals surface area contributed by atoms with E-state index >= 15 is 0 Å². The number of aromatic amines is 1. The molecule has 0 saturated heterocycles. The minimum atomic E-state index is 0.726. The van der Waals surface area contributed by atoms with Gasteiger partial charge in [-0.3, -0.25) is 4.68 Å². The van der Waals surface area contributed by atoms with Gasteiger partial charge in [0.2, 0.25) is 0 Å². The number of rotatable bonds is 2. The monoisotopic (exact) mass is 293 g/mol. The zero-order valence-electron chi connectivity index (χ0n) is 13.4. The van der Waals surface area contributed by atoms with E-state index in [0.29, 0.717) is 0 Å². The molecule has 0 bridgehead atoms. The number of aromatic nitrogens is 3. The second-order valence-corrected chi connectivity index (χ2v) is 6.66. The zero-order chi connectivity index (χ0) is 15.1. The number of fused-ring (bicyclic) bond motifs is 1. The number of hydrogen-bond donors (Lipinski definition) is 1. The van der Waals surface area contributed by atoms with Crippen molar-refractivity contribution in [3.63, 3.8) is 0 Å². The Morgan fingerprint density at radius 1 is 1.09 bits per heavy atom. The predicted octanol–water partition coefficient (Wildman–Crippen LogP) is 4.92. The molecule has 0 atom stereocenters. The molecule has 1 saturated carbocycles. The number of nitrogens with one attached hydrogen (secondary N) is 1. The third-order valence-electron chi connectivity index (χ3n) is 4.98. The highest BCUT2D eigenvalue weighted by molar-refractivity contribution is 5.85. The first-order chi connectivity index (χ1) is 10.7. The van der Waals surface area contributed by atoms with Crippen LogP contribution in [-0.2, 0) is 7.05 Å². The minimum absolute atomic E-state index is 0.726. The van der Waals surface area contributed by atoms with Gasteiger partial charge in [-0.2, -0.15) is 5.10 Å². The summed E-state index contributed by atoms with van der Waals surface area (Å²) in [5.74, 6) is 0.726. The second kappa shape index (κ2) is 5.31. The lowest BCUT2D eigenvalue weighted by atomic mass is 9.87. The van der Waals surface area contributed by atoms with E-state index in [0.717, 1.165) is 11.6 Å². The van der Waals surface area contributed by atoms with Gasteiger partial charge in [-0.25, -0.2) is 0 Å². The molecule has 3 heteroatoms. The highest BCUT2D eigenvalue weighted by atomic mass is 15.3. The van der Waals surface area contributed by atoms with Crippen molar-refractivity contribution in [2.45, 2.75) is 44.9 Å². The van der Waals surface area contributed by atoms with E-state index in [-0.39, 0.29) is 0 Å². The van der Waals surface area contributed by atoms with Crippen LogP contribution in [0.1, 0.15) is 49.4 Å². The maximum Gasteiger partial charge on any atom is 0.0681 e. The van der Waals surface area contributed by atoms with Crippen molar-refractivity contribution in [3.05, 3.63) is 41.7 Å².